The van der Waals surface area contributed by atoms with E-state index >= 15 is 0 Å². The maximum atomic E-state index is 11.4. The summed E-state index contributed by atoms with van der Waals surface area (Å²) in [5.74, 6) is 0.928. The van der Waals surface area contributed by atoms with Crippen molar-refractivity contribution >= 4 is 15.5 Å². The summed E-state index contributed by atoms with van der Waals surface area (Å²) in [6.45, 7) is 0.418. The lowest BCUT2D eigenvalue weighted by Gasteiger charge is -2.14. The molecule has 8 nitrogen and oxygen atoms in total. The lowest BCUT2D eigenvalue weighted by Crippen LogP contribution is -2.25. The van der Waals surface area contributed by atoms with Crippen molar-refractivity contribution in [3.05, 3.63) is 47.5 Å². The minimum atomic E-state index is -2.99. The van der Waals surface area contributed by atoms with Gasteiger partial charge in [0.25, 0.3) is 5.89 Å². The van der Waals surface area contributed by atoms with Crippen molar-refractivity contribution in [2.75, 3.05) is 24.3 Å². The molecule has 0 fully saturated rings. The number of sulfone groups is 1. The molecule has 0 aliphatic heterocycles. The second-order valence-corrected chi connectivity index (χ2v) is 9.51. The Hall–Kier alpha value is -2.91. The van der Waals surface area contributed by atoms with Gasteiger partial charge in [-0.1, -0.05) is 23.4 Å². The van der Waals surface area contributed by atoms with Crippen molar-refractivity contribution in [1.82, 2.24) is 15.5 Å². The first-order chi connectivity index (χ1) is 13.8. The van der Waals surface area contributed by atoms with Crippen molar-refractivity contribution in [2.45, 2.75) is 18.9 Å². The lowest BCUT2D eigenvalue weighted by molar-refractivity contribution is 0.432. The summed E-state index contributed by atoms with van der Waals surface area (Å²) in [7, 11) is -2.99. The molecule has 29 heavy (non-hydrogen) atoms. The molecular weight excluding hydrogens is 392 g/mol. The van der Waals surface area contributed by atoms with Crippen molar-refractivity contribution in [1.29, 1.82) is 0 Å². The van der Waals surface area contributed by atoms with E-state index < -0.39 is 9.84 Å². The number of fused-ring (bicyclic) bond motifs is 1. The highest BCUT2D eigenvalue weighted by molar-refractivity contribution is 7.90. The molecule has 0 amide bonds. The minimum Gasteiger partial charge on any atom is -0.506 e. The molecule has 1 heterocycles. The summed E-state index contributed by atoms with van der Waals surface area (Å²) in [5, 5.41) is 17.0. The maximum Gasteiger partial charge on any atom is 0.258 e. The van der Waals surface area contributed by atoms with Gasteiger partial charge in [0.1, 0.15) is 15.6 Å². The fraction of sp³-hybridized carbons (Fsp3) is 0.300. The summed E-state index contributed by atoms with van der Waals surface area (Å²) < 4.78 is 28.1. The third-order valence-corrected chi connectivity index (χ3v) is 6.02. The zero-order chi connectivity index (χ0) is 20.6. The van der Waals surface area contributed by atoms with Crippen LogP contribution in [0.1, 0.15) is 23.6 Å². The Kier molecular flexibility index (Phi) is 5.01. The van der Waals surface area contributed by atoms with Gasteiger partial charge in [0.15, 0.2) is 0 Å². The second kappa shape index (κ2) is 7.49. The third-order valence-electron chi connectivity index (χ3n) is 5.08. The first-order valence-corrected chi connectivity index (χ1v) is 11.3. The number of hydrogen-bond donors (Lipinski definition) is 3. The van der Waals surface area contributed by atoms with E-state index in [1.165, 1.54) is 12.3 Å². The number of nitrogens with one attached hydrogen (secondary N) is 1. The molecular formula is C20H22N4O4S. The van der Waals surface area contributed by atoms with E-state index in [1.54, 1.807) is 12.1 Å². The average molecular weight is 414 g/mol. The van der Waals surface area contributed by atoms with Gasteiger partial charge >= 0.3 is 0 Å². The van der Waals surface area contributed by atoms with Crippen LogP contribution in [-0.2, 0) is 16.3 Å². The number of phenolic OH excluding ortho intramolecular Hbond substituents is 1. The van der Waals surface area contributed by atoms with Crippen LogP contribution in [0.4, 0.5) is 5.69 Å². The summed E-state index contributed by atoms with van der Waals surface area (Å²) in [6.07, 6.45) is 2.97. The number of phenols is 1. The second-order valence-electron chi connectivity index (χ2n) is 7.25. The number of aromatic hydroxyl groups is 1. The first-order valence-electron chi connectivity index (χ1n) is 9.27. The molecule has 152 valence electrons. The third kappa shape index (κ3) is 4.10. The van der Waals surface area contributed by atoms with Crippen LogP contribution in [0, 0.1) is 0 Å². The van der Waals surface area contributed by atoms with Crippen molar-refractivity contribution in [3.63, 3.8) is 0 Å². The van der Waals surface area contributed by atoms with Gasteiger partial charge in [-0.05, 0) is 42.2 Å². The number of nitrogen functional groups attached to an aromatic ring is 1. The smallest absolute Gasteiger partial charge is 0.258 e. The Labute approximate surface area is 168 Å². The zero-order valence-corrected chi connectivity index (χ0v) is 16.7. The fourth-order valence-electron chi connectivity index (χ4n) is 3.63. The molecule has 0 saturated heterocycles. The summed E-state index contributed by atoms with van der Waals surface area (Å²) in [4.78, 5) is 4.50. The molecule has 1 aromatic heterocycles. The number of hydrogen-bond acceptors (Lipinski definition) is 8. The number of nitrogens with two attached hydrogens (primary N) is 1. The minimum absolute atomic E-state index is 0.00350. The topological polar surface area (TPSA) is 131 Å². The summed E-state index contributed by atoms with van der Waals surface area (Å²) in [6, 6.07) is 10.8. The van der Waals surface area contributed by atoms with Crippen LogP contribution in [0.2, 0.25) is 0 Å². The van der Waals surface area contributed by atoms with Gasteiger partial charge < -0.3 is 20.7 Å². The first kappa shape index (κ1) is 19.4. The largest absolute Gasteiger partial charge is 0.506 e. The van der Waals surface area contributed by atoms with Gasteiger partial charge in [-0.2, -0.15) is 4.98 Å². The number of aromatic nitrogens is 2. The molecule has 2 aromatic carbocycles. The van der Waals surface area contributed by atoms with Gasteiger partial charge in [0, 0.05) is 30.0 Å². The van der Waals surface area contributed by atoms with Gasteiger partial charge in [0.05, 0.1) is 11.4 Å². The molecule has 1 aliphatic carbocycles. The Morgan fingerprint density at radius 2 is 2.14 bits per heavy atom. The maximum absolute atomic E-state index is 11.4. The Morgan fingerprint density at radius 1 is 1.31 bits per heavy atom. The van der Waals surface area contributed by atoms with Crippen LogP contribution >= 0.6 is 0 Å². The number of nitrogens with zero attached hydrogens (tertiary/aromatic N) is 2. The molecule has 0 bridgehead atoms. The normalized spacial score (nSPS) is 16.1. The lowest BCUT2D eigenvalue weighted by atomic mass is 10.0. The van der Waals surface area contributed by atoms with Gasteiger partial charge in [0.2, 0.25) is 5.82 Å². The summed E-state index contributed by atoms with van der Waals surface area (Å²) >= 11 is 0. The van der Waals surface area contributed by atoms with Crippen molar-refractivity contribution in [3.8, 4) is 28.6 Å². The fourth-order valence-corrected chi connectivity index (χ4v) is 4.12. The van der Waals surface area contributed by atoms with Crippen molar-refractivity contribution < 1.29 is 18.0 Å². The van der Waals surface area contributed by atoms with Crippen LogP contribution in [0.25, 0.3) is 22.8 Å². The number of anilines is 1. The monoisotopic (exact) mass is 414 g/mol. The molecule has 1 aliphatic rings. The quantitative estimate of drug-likeness (QED) is 0.414. The SMILES string of the molecule is CS(=O)(=O)CCN[C@H]1CCc2c(-c3noc(-c4ccc(O)c(N)c4)n3)cccc21. The molecule has 1 atom stereocenters. The zero-order valence-electron chi connectivity index (χ0n) is 15.9. The summed E-state index contributed by atoms with van der Waals surface area (Å²) in [5.41, 5.74) is 9.80. The predicted molar refractivity (Wildman–Crippen MR) is 110 cm³/mol. The van der Waals surface area contributed by atoms with Crippen LogP contribution in [-0.4, -0.2) is 42.2 Å². The number of benzene rings is 2. The molecule has 3 aromatic rings. The molecule has 4 N–H and O–H groups in total. The van der Waals surface area contributed by atoms with E-state index in [1.807, 2.05) is 18.2 Å². The van der Waals surface area contributed by atoms with Crippen LogP contribution in [0.5, 0.6) is 5.75 Å². The van der Waals surface area contributed by atoms with Gasteiger partial charge in [-0.25, -0.2) is 8.42 Å². The molecule has 0 radical (unpaired) electrons. The van der Waals surface area contributed by atoms with E-state index in [0.29, 0.717) is 23.8 Å². The highest BCUT2D eigenvalue weighted by Crippen LogP contribution is 2.37. The van der Waals surface area contributed by atoms with E-state index in [4.69, 9.17) is 10.3 Å². The molecule has 0 spiro atoms. The van der Waals surface area contributed by atoms with E-state index in [2.05, 4.69) is 15.5 Å². The van der Waals surface area contributed by atoms with Crippen LogP contribution < -0.4 is 11.1 Å². The van der Waals surface area contributed by atoms with Gasteiger partial charge in [-0.3, -0.25) is 0 Å². The molecule has 9 heteroatoms. The highest BCUT2D eigenvalue weighted by Gasteiger charge is 2.26. The number of rotatable bonds is 6. The standard InChI is InChI=1S/C20H22N4O4S/c1-29(26,27)10-9-22-17-7-6-13-14(17)3-2-4-15(13)19-23-20(28-24-19)12-5-8-18(25)16(21)11-12/h2-5,8,11,17,22,25H,6-7,9-10,21H2,1H3/t17-/m0/s1. The van der Waals surface area contributed by atoms with Crippen molar-refractivity contribution in [2.24, 2.45) is 0 Å². The Morgan fingerprint density at radius 3 is 2.90 bits per heavy atom. The average Bonchev–Trinajstić information content (AvgIpc) is 3.30. The highest BCUT2D eigenvalue weighted by atomic mass is 32.2. The molecule has 4 rings (SSSR count). The Bertz CT molecular complexity index is 1160. The Balaban J connectivity index is 1.58. The molecule has 0 saturated carbocycles. The van der Waals surface area contributed by atoms with E-state index in [9.17, 15) is 13.5 Å². The molecule has 0 unspecified atom stereocenters. The van der Waals surface area contributed by atoms with E-state index in [-0.39, 0.29) is 23.2 Å². The van der Waals surface area contributed by atoms with E-state index in [0.717, 1.165) is 29.5 Å². The van der Waals surface area contributed by atoms with Crippen LogP contribution in [0.3, 0.4) is 0 Å². The predicted octanol–water partition coefficient (Wildman–Crippen LogP) is 2.31. The van der Waals surface area contributed by atoms with Gasteiger partial charge in [-0.15, -0.1) is 0 Å². The van der Waals surface area contributed by atoms with Crippen LogP contribution in [0.15, 0.2) is 40.9 Å².